The molecular weight excluding hydrogens is 378 g/mol. The molecule has 0 amide bonds. The summed E-state index contributed by atoms with van der Waals surface area (Å²) in [5, 5.41) is 10.9. The molecule has 7 nitrogen and oxygen atoms in total. The third kappa shape index (κ3) is 6.55. The maximum atomic E-state index is 5.76. The van der Waals surface area contributed by atoms with Gasteiger partial charge in [-0.3, -0.25) is 4.68 Å². The Labute approximate surface area is 177 Å². The molecule has 0 atom stereocenters. The number of hydrogen-bond acceptors (Lipinski definition) is 4. The van der Waals surface area contributed by atoms with Crippen LogP contribution in [0.2, 0.25) is 0 Å². The van der Waals surface area contributed by atoms with Crippen LogP contribution >= 0.6 is 0 Å². The predicted molar refractivity (Wildman–Crippen MR) is 119 cm³/mol. The summed E-state index contributed by atoms with van der Waals surface area (Å²) >= 11 is 0. The van der Waals surface area contributed by atoms with E-state index in [2.05, 4.69) is 34.8 Å². The molecule has 0 aliphatic carbocycles. The van der Waals surface area contributed by atoms with Crippen LogP contribution in [0, 0.1) is 0 Å². The molecule has 158 valence electrons. The van der Waals surface area contributed by atoms with E-state index >= 15 is 0 Å². The van der Waals surface area contributed by atoms with Gasteiger partial charge in [-0.15, -0.1) is 0 Å². The number of aromatic nitrogens is 2. The zero-order valence-electron chi connectivity index (χ0n) is 17.5. The van der Waals surface area contributed by atoms with Crippen molar-refractivity contribution in [3.63, 3.8) is 0 Å². The minimum Gasteiger partial charge on any atom is -0.497 e. The summed E-state index contributed by atoms with van der Waals surface area (Å²) in [6.45, 7) is 5.35. The molecule has 0 bridgehead atoms. The SMILES string of the molecule is CCNC(=NCc1ccccc1Cn1cccn1)NCCOc1ccc(OC)cc1. The average Bonchev–Trinajstić information content (AvgIpc) is 3.29. The maximum absolute atomic E-state index is 5.76. The molecule has 0 aliphatic rings. The monoisotopic (exact) mass is 407 g/mol. The maximum Gasteiger partial charge on any atom is 0.191 e. The number of methoxy groups -OCH3 is 1. The van der Waals surface area contributed by atoms with Gasteiger partial charge in [0.2, 0.25) is 0 Å². The third-order valence-corrected chi connectivity index (χ3v) is 4.48. The normalized spacial score (nSPS) is 11.2. The minimum atomic E-state index is 0.534. The Hall–Kier alpha value is -3.48. The molecule has 2 N–H and O–H groups in total. The number of hydrogen-bond donors (Lipinski definition) is 2. The van der Waals surface area contributed by atoms with Crippen LogP contribution in [0.25, 0.3) is 0 Å². The Morgan fingerprint density at radius 2 is 1.77 bits per heavy atom. The molecule has 0 radical (unpaired) electrons. The van der Waals surface area contributed by atoms with Gasteiger partial charge >= 0.3 is 0 Å². The Bertz CT molecular complexity index is 908. The van der Waals surface area contributed by atoms with Gasteiger partial charge in [0.25, 0.3) is 0 Å². The summed E-state index contributed by atoms with van der Waals surface area (Å²) in [4.78, 5) is 4.73. The Morgan fingerprint density at radius 3 is 2.47 bits per heavy atom. The van der Waals surface area contributed by atoms with Gasteiger partial charge in [-0.2, -0.15) is 5.10 Å². The first-order valence-corrected chi connectivity index (χ1v) is 10.1. The van der Waals surface area contributed by atoms with E-state index in [4.69, 9.17) is 14.5 Å². The van der Waals surface area contributed by atoms with Crippen molar-refractivity contribution in [1.82, 2.24) is 20.4 Å². The summed E-state index contributed by atoms with van der Waals surface area (Å²) in [6.07, 6.45) is 3.76. The van der Waals surface area contributed by atoms with E-state index in [1.165, 1.54) is 11.1 Å². The topological polar surface area (TPSA) is 72.7 Å². The summed E-state index contributed by atoms with van der Waals surface area (Å²) in [7, 11) is 1.65. The molecule has 0 unspecified atom stereocenters. The van der Waals surface area contributed by atoms with Crippen LogP contribution in [-0.4, -0.2) is 42.5 Å². The van der Waals surface area contributed by atoms with Crippen molar-refractivity contribution in [3.8, 4) is 11.5 Å². The van der Waals surface area contributed by atoms with Gasteiger partial charge in [0.15, 0.2) is 5.96 Å². The smallest absolute Gasteiger partial charge is 0.191 e. The quantitative estimate of drug-likeness (QED) is 0.307. The Kier molecular flexibility index (Phi) is 8.14. The molecule has 0 saturated carbocycles. The first-order valence-electron chi connectivity index (χ1n) is 10.1. The standard InChI is InChI=1S/C23H29N5O2/c1-3-24-23(25-14-16-30-22-11-9-21(29-2)10-12-22)26-17-19-7-4-5-8-20(19)18-28-15-6-13-27-28/h4-13,15H,3,14,16-18H2,1-2H3,(H2,24,25,26). The molecule has 0 fully saturated rings. The van der Waals surface area contributed by atoms with Crippen molar-refractivity contribution in [3.05, 3.63) is 78.1 Å². The van der Waals surface area contributed by atoms with Crippen molar-refractivity contribution in [2.45, 2.75) is 20.0 Å². The van der Waals surface area contributed by atoms with Crippen molar-refractivity contribution < 1.29 is 9.47 Å². The van der Waals surface area contributed by atoms with Crippen LogP contribution in [-0.2, 0) is 13.1 Å². The second-order valence-electron chi connectivity index (χ2n) is 6.62. The van der Waals surface area contributed by atoms with Crippen molar-refractivity contribution in [2.24, 2.45) is 4.99 Å². The molecule has 2 aromatic carbocycles. The Morgan fingerprint density at radius 1 is 1.00 bits per heavy atom. The van der Waals surface area contributed by atoms with Gasteiger partial charge < -0.3 is 20.1 Å². The van der Waals surface area contributed by atoms with Crippen LogP contribution in [0.1, 0.15) is 18.1 Å². The van der Waals surface area contributed by atoms with E-state index in [9.17, 15) is 0 Å². The number of ether oxygens (including phenoxy) is 2. The highest BCUT2D eigenvalue weighted by molar-refractivity contribution is 5.79. The molecule has 1 aromatic heterocycles. The fourth-order valence-electron chi connectivity index (χ4n) is 2.95. The summed E-state index contributed by atoms with van der Waals surface area (Å²) in [5.41, 5.74) is 2.39. The number of nitrogens with zero attached hydrogens (tertiary/aromatic N) is 3. The van der Waals surface area contributed by atoms with Crippen LogP contribution in [0.3, 0.4) is 0 Å². The van der Waals surface area contributed by atoms with Gasteiger partial charge in [0.1, 0.15) is 18.1 Å². The van der Waals surface area contributed by atoms with E-state index < -0.39 is 0 Å². The number of guanidine groups is 1. The van der Waals surface area contributed by atoms with Gasteiger partial charge in [-0.25, -0.2) is 4.99 Å². The highest BCUT2D eigenvalue weighted by Gasteiger charge is 2.04. The van der Waals surface area contributed by atoms with E-state index in [0.717, 1.165) is 30.5 Å². The van der Waals surface area contributed by atoms with Crippen LogP contribution < -0.4 is 20.1 Å². The van der Waals surface area contributed by atoms with Crippen LogP contribution in [0.5, 0.6) is 11.5 Å². The lowest BCUT2D eigenvalue weighted by Gasteiger charge is -2.13. The minimum absolute atomic E-state index is 0.534. The Balaban J connectivity index is 1.53. The third-order valence-electron chi connectivity index (χ3n) is 4.48. The predicted octanol–water partition coefficient (Wildman–Crippen LogP) is 3.07. The summed E-state index contributed by atoms with van der Waals surface area (Å²) < 4.78 is 12.8. The molecule has 0 spiro atoms. The van der Waals surface area contributed by atoms with Crippen molar-refractivity contribution >= 4 is 5.96 Å². The summed E-state index contributed by atoms with van der Waals surface area (Å²) in [6, 6.07) is 17.8. The molecule has 30 heavy (non-hydrogen) atoms. The summed E-state index contributed by atoms with van der Waals surface area (Å²) in [5.74, 6) is 2.40. The second kappa shape index (κ2) is 11.5. The van der Waals surface area contributed by atoms with E-state index in [1.807, 2.05) is 53.3 Å². The lowest BCUT2D eigenvalue weighted by molar-refractivity contribution is 0.321. The molecule has 3 aromatic rings. The lowest BCUT2D eigenvalue weighted by atomic mass is 10.1. The number of rotatable bonds is 10. The molecule has 1 heterocycles. The van der Waals surface area contributed by atoms with E-state index in [-0.39, 0.29) is 0 Å². The first-order chi connectivity index (χ1) is 14.8. The van der Waals surface area contributed by atoms with Gasteiger partial charge in [-0.1, -0.05) is 24.3 Å². The molecule has 0 aliphatic heterocycles. The first kappa shape index (κ1) is 21.2. The molecule has 0 saturated heterocycles. The fourth-order valence-corrected chi connectivity index (χ4v) is 2.95. The van der Waals surface area contributed by atoms with Gasteiger partial charge in [0.05, 0.1) is 26.7 Å². The van der Waals surface area contributed by atoms with Crippen molar-refractivity contribution in [1.29, 1.82) is 0 Å². The highest BCUT2D eigenvalue weighted by Crippen LogP contribution is 2.16. The lowest BCUT2D eigenvalue weighted by Crippen LogP contribution is -2.39. The second-order valence-corrected chi connectivity index (χ2v) is 6.62. The number of aliphatic imine (C=N–C) groups is 1. The van der Waals surface area contributed by atoms with Gasteiger partial charge in [-0.05, 0) is 48.4 Å². The zero-order chi connectivity index (χ0) is 21.0. The van der Waals surface area contributed by atoms with E-state index in [0.29, 0.717) is 19.7 Å². The molecule has 7 heteroatoms. The zero-order valence-corrected chi connectivity index (χ0v) is 17.5. The average molecular weight is 408 g/mol. The molecular formula is C23H29N5O2. The largest absolute Gasteiger partial charge is 0.497 e. The highest BCUT2D eigenvalue weighted by atomic mass is 16.5. The van der Waals surface area contributed by atoms with Gasteiger partial charge in [0, 0.05) is 18.9 Å². The van der Waals surface area contributed by atoms with E-state index in [1.54, 1.807) is 13.3 Å². The number of nitrogens with one attached hydrogen (secondary N) is 2. The fraction of sp³-hybridized carbons (Fsp3) is 0.304. The number of benzene rings is 2. The van der Waals surface area contributed by atoms with Crippen LogP contribution in [0.4, 0.5) is 0 Å². The van der Waals surface area contributed by atoms with Crippen LogP contribution in [0.15, 0.2) is 72.0 Å². The molecule has 3 rings (SSSR count). The van der Waals surface area contributed by atoms with Crippen molar-refractivity contribution in [2.75, 3.05) is 26.8 Å².